The predicted molar refractivity (Wildman–Crippen MR) is 98.4 cm³/mol. The summed E-state index contributed by atoms with van der Waals surface area (Å²) in [5.41, 5.74) is 0. The number of halogens is 1. The number of ether oxygens (including phenoxy) is 1. The van der Waals surface area contributed by atoms with Crippen molar-refractivity contribution >= 4 is 11.8 Å². The maximum absolute atomic E-state index is 13.4. The van der Waals surface area contributed by atoms with Gasteiger partial charge in [-0.05, 0) is 18.6 Å². The first-order valence-corrected chi connectivity index (χ1v) is 9.54. The number of benzene rings is 1. The van der Waals surface area contributed by atoms with Crippen LogP contribution in [0.2, 0.25) is 0 Å². The van der Waals surface area contributed by atoms with Gasteiger partial charge in [0.15, 0.2) is 18.2 Å². The van der Waals surface area contributed by atoms with Crippen molar-refractivity contribution in [2.75, 3.05) is 26.2 Å². The van der Waals surface area contributed by atoms with Gasteiger partial charge in [-0.1, -0.05) is 51.2 Å². The SMILES string of the molecule is CCCCCCCCNC(=O)C1CN(C(=O)COc2ccccc2F)C1. The number of nitrogens with zero attached hydrogens (tertiary/aromatic N) is 1. The van der Waals surface area contributed by atoms with Gasteiger partial charge >= 0.3 is 0 Å². The number of likely N-dealkylation sites (tertiary alicyclic amines) is 1. The van der Waals surface area contributed by atoms with Gasteiger partial charge < -0.3 is 15.0 Å². The number of carbonyl (C=O) groups is 2. The Morgan fingerprint density at radius 1 is 1.15 bits per heavy atom. The molecule has 1 aromatic carbocycles. The molecule has 0 saturated carbocycles. The standard InChI is InChI=1S/C20H29FN2O3/c1-2-3-4-5-6-9-12-22-20(25)16-13-23(14-16)19(24)15-26-18-11-8-7-10-17(18)21/h7-8,10-11,16H,2-6,9,12-15H2,1H3,(H,22,25). The molecule has 26 heavy (non-hydrogen) atoms. The molecular formula is C20H29FN2O3. The van der Waals surface area contributed by atoms with Gasteiger partial charge in [0.05, 0.1) is 5.92 Å². The van der Waals surface area contributed by atoms with Gasteiger partial charge in [0.1, 0.15) is 0 Å². The average Bonchev–Trinajstić information content (AvgIpc) is 2.59. The second kappa shape index (κ2) is 10.8. The third-order valence-corrected chi connectivity index (χ3v) is 4.62. The Labute approximate surface area is 154 Å². The van der Waals surface area contributed by atoms with E-state index in [-0.39, 0.29) is 30.1 Å². The Bertz CT molecular complexity index is 588. The smallest absolute Gasteiger partial charge is 0.260 e. The van der Waals surface area contributed by atoms with Crippen molar-refractivity contribution in [2.24, 2.45) is 5.92 Å². The first-order chi connectivity index (χ1) is 12.6. The maximum atomic E-state index is 13.4. The summed E-state index contributed by atoms with van der Waals surface area (Å²) in [6.45, 7) is 3.49. The molecular weight excluding hydrogens is 335 g/mol. The lowest BCUT2D eigenvalue weighted by molar-refractivity contribution is -0.144. The van der Waals surface area contributed by atoms with Gasteiger partial charge in [-0.15, -0.1) is 0 Å². The first kappa shape index (κ1) is 20.2. The minimum absolute atomic E-state index is 0.0117. The van der Waals surface area contributed by atoms with Crippen molar-refractivity contribution in [1.29, 1.82) is 0 Å². The van der Waals surface area contributed by atoms with E-state index < -0.39 is 5.82 Å². The molecule has 0 spiro atoms. The van der Waals surface area contributed by atoms with Gasteiger partial charge in [-0.3, -0.25) is 9.59 Å². The topological polar surface area (TPSA) is 58.6 Å². The molecule has 1 fully saturated rings. The minimum atomic E-state index is -0.490. The number of para-hydroxylation sites is 1. The number of hydrogen-bond donors (Lipinski definition) is 1. The van der Waals surface area contributed by atoms with Crippen LogP contribution >= 0.6 is 0 Å². The highest BCUT2D eigenvalue weighted by Crippen LogP contribution is 2.18. The van der Waals surface area contributed by atoms with Gasteiger partial charge in [0, 0.05) is 19.6 Å². The normalized spacial score (nSPS) is 14.0. The summed E-state index contributed by atoms with van der Waals surface area (Å²) < 4.78 is 18.6. The van der Waals surface area contributed by atoms with E-state index in [4.69, 9.17) is 4.74 Å². The highest BCUT2D eigenvalue weighted by Gasteiger charge is 2.35. The fourth-order valence-electron chi connectivity index (χ4n) is 2.90. The van der Waals surface area contributed by atoms with Crippen molar-refractivity contribution in [3.05, 3.63) is 30.1 Å². The molecule has 5 nitrogen and oxygen atoms in total. The second-order valence-electron chi connectivity index (χ2n) is 6.77. The van der Waals surface area contributed by atoms with Crippen molar-refractivity contribution in [2.45, 2.75) is 45.4 Å². The van der Waals surface area contributed by atoms with Crippen molar-refractivity contribution in [3.63, 3.8) is 0 Å². The average molecular weight is 364 g/mol. The summed E-state index contributed by atoms with van der Waals surface area (Å²) in [5, 5.41) is 2.94. The molecule has 1 aromatic rings. The van der Waals surface area contributed by atoms with Crippen molar-refractivity contribution in [1.82, 2.24) is 10.2 Å². The van der Waals surface area contributed by atoms with Crippen LogP contribution < -0.4 is 10.1 Å². The van der Waals surface area contributed by atoms with Crippen LogP contribution in [-0.4, -0.2) is 43.0 Å². The largest absolute Gasteiger partial charge is 0.481 e. The van der Waals surface area contributed by atoms with Crippen LogP contribution in [0.3, 0.4) is 0 Å². The number of unbranched alkanes of at least 4 members (excludes halogenated alkanes) is 5. The Hall–Kier alpha value is -2.11. The highest BCUT2D eigenvalue weighted by molar-refractivity contribution is 5.85. The number of amides is 2. The molecule has 2 rings (SSSR count). The third kappa shape index (κ3) is 6.32. The lowest BCUT2D eigenvalue weighted by Gasteiger charge is -2.38. The molecule has 144 valence electrons. The summed E-state index contributed by atoms with van der Waals surface area (Å²) in [4.78, 5) is 25.6. The summed E-state index contributed by atoms with van der Waals surface area (Å²) in [6.07, 6.45) is 7.14. The van der Waals surface area contributed by atoms with Crippen LogP contribution in [0.5, 0.6) is 5.75 Å². The maximum Gasteiger partial charge on any atom is 0.260 e. The molecule has 0 unspecified atom stereocenters. The number of carbonyl (C=O) groups excluding carboxylic acids is 2. The Morgan fingerprint density at radius 3 is 2.58 bits per heavy atom. The Morgan fingerprint density at radius 2 is 1.85 bits per heavy atom. The molecule has 1 aliphatic heterocycles. The molecule has 6 heteroatoms. The van der Waals surface area contributed by atoms with Crippen LogP contribution in [0.1, 0.15) is 45.4 Å². The quantitative estimate of drug-likeness (QED) is 0.614. The van der Waals surface area contributed by atoms with Crippen LogP contribution in [0, 0.1) is 11.7 Å². The summed E-state index contributed by atoms with van der Waals surface area (Å²) in [7, 11) is 0. The second-order valence-corrected chi connectivity index (χ2v) is 6.77. The summed E-state index contributed by atoms with van der Waals surface area (Å²) in [6, 6.07) is 5.98. The van der Waals surface area contributed by atoms with E-state index in [1.54, 1.807) is 17.0 Å². The van der Waals surface area contributed by atoms with Gasteiger partial charge in [0.2, 0.25) is 5.91 Å². The fourth-order valence-corrected chi connectivity index (χ4v) is 2.90. The van der Waals surface area contributed by atoms with Gasteiger partial charge in [0.25, 0.3) is 5.91 Å². The third-order valence-electron chi connectivity index (χ3n) is 4.62. The lowest BCUT2D eigenvalue weighted by Crippen LogP contribution is -2.56. The molecule has 0 radical (unpaired) electrons. The van der Waals surface area contributed by atoms with Gasteiger partial charge in [-0.25, -0.2) is 4.39 Å². The number of hydrogen-bond acceptors (Lipinski definition) is 3. The van der Waals surface area contributed by atoms with Crippen molar-refractivity contribution in [3.8, 4) is 5.75 Å². The van der Waals surface area contributed by atoms with E-state index in [2.05, 4.69) is 12.2 Å². The van der Waals surface area contributed by atoms with Crippen LogP contribution in [0.4, 0.5) is 4.39 Å². The van der Waals surface area contributed by atoms with E-state index in [0.717, 1.165) is 12.8 Å². The lowest BCUT2D eigenvalue weighted by atomic mass is 9.99. The number of rotatable bonds is 11. The van der Waals surface area contributed by atoms with E-state index in [9.17, 15) is 14.0 Å². The molecule has 1 N–H and O–H groups in total. The fraction of sp³-hybridized carbons (Fsp3) is 0.600. The van der Waals surface area contributed by atoms with Crippen LogP contribution in [-0.2, 0) is 9.59 Å². The van der Waals surface area contributed by atoms with Crippen LogP contribution in [0.15, 0.2) is 24.3 Å². The minimum Gasteiger partial charge on any atom is -0.481 e. The predicted octanol–water partition coefficient (Wildman–Crippen LogP) is 3.14. The van der Waals surface area contributed by atoms with E-state index in [1.807, 2.05) is 0 Å². The van der Waals surface area contributed by atoms with Gasteiger partial charge in [-0.2, -0.15) is 0 Å². The zero-order valence-corrected chi connectivity index (χ0v) is 15.5. The molecule has 0 aromatic heterocycles. The first-order valence-electron chi connectivity index (χ1n) is 9.54. The van der Waals surface area contributed by atoms with Crippen molar-refractivity contribution < 1.29 is 18.7 Å². The summed E-state index contributed by atoms with van der Waals surface area (Å²) >= 11 is 0. The molecule has 0 atom stereocenters. The van der Waals surface area contributed by atoms with E-state index in [1.165, 1.54) is 37.8 Å². The highest BCUT2D eigenvalue weighted by atomic mass is 19.1. The molecule has 1 heterocycles. The molecule has 1 aliphatic rings. The monoisotopic (exact) mass is 364 g/mol. The summed E-state index contributed by atoms with van der Waals surface area (Å²) in [5.74, 6) is -0.788. The van der Waals surface area contributed by atoms with E-state index in [0.29, 0.717) is 19.6 Å². The molecule has 1 saturated heterocycles. The molecule has 0 aliphatic carbocycles. The Balaban J connectivity index is 1.55. The molecule has 2 amide bonds. The zero-order chi connectivity index (χ0) is 18.8. The zero-order valence-electron chi connectivity index (χ0n) is 15.5. The van der Waals surface area contributed by atoms with Crippen LogP contribution in [0.25, 0.3) is 0 Å². The molecule has 0 bridgehead atoms. The Kier molecular flexibility index (Phi) is 8.38. The van der Waals surface area contributed by atoms with E-state index >= 15 is 0 Å². The number of nitrogens with one attached hydrogen (secondary N) is 1.